The van der Waals surface area contributed by atoms with Crippen molar-refractivity contribution in [3.8, 4) is 0 Å². The molecule has 0 amide bonds. The number of nitrogens with zero attached hydrogens (tertiary/aromatic N) is 1. The second-order valence-electron chi connectivity index (χ2n) is 4.58. The van der Waals surface area contributed by atoms with Crippen molar-refractivity contribution in [2.75, 3.05) is 20.1 Å². The summed E-state index contributed by atoms with van der Waals surface area (Å²) >= 11 is 0. The Bertz CT molecular complexity index is 134. The van der Waals surface area contributed by atoms with Gasteiger partial charge in [0.25, 0.3) is 0 Å². The summed E-state index contributed by atoms with van der Waals surface area (Å²) in [6, 6.07) is 1.28. The summed E-state index contributed by atoms with van der Waals surface area (Å²) in [6.07, 6.45) is 1.25. The number of likely N-dealkylation sites (N-methyl/N-ethyl adjacent to an activating group) is 2. The molecule has 2 heteroatoms. The van der Waals surface area contributed by atoms with Crippen LogP contribution in [0.15, 0.2) is 0 Å². The van der Waals surface area contributed by atoms with Crippen LogP contribution in [0.2, 0.25) is 0 Å². The van der Waals surface area contributed by atoms with E-state index >= 15 is 0 Å². The average molecular weight is 200 g/mol. The minimum Gasteiger partial charge on any atom is -0.313 e. The number of hydrogen-bond donors (Lipinski definition) is 1. The first-order chi connectivity index (χ1) is 6.52. The van der Waals surface area contributed by atoms with Gasteiger partial charge in [-0.2, -0.15) is 0 Å². The van der Waals surface area contributed by atoms with E-state index in [1.165, 1.54) is 6.42 Å². The van der Waals surface area contributed by atoms with E-state index in [0.29, 0.717) is 12.1 Å². The Hall–Kier alpha value is -0.0800. The van der Waals surface area contributed by atoms with Gasteiger partial charge in [-0.1, -0.05) is 27.2 Å². The Morgan fingerprint density at radius 3 is 2.07 bits per heavy atom. The normalized spacial score (nSPS) is 16.3. The summed E-state index contributed by atoms with van der Waals surface area (Å²) in [5.41, 5.74) is 0. The summed E-state index contributed by atoms with van der Waals surface area (Å²) < 4.78 is 0. The topological polar surface area (TPSA) is 15.3 Å². The quantitative estimate of drug-likeness (QED) is 0.678. The molecule has 0 rings (SSSR count). The molecular weight excluding hydrogens is 172 g/mol. The van der Waals surface area contributed by atoms with Crippen molar-refractivity contribution < 1.29 is 0 Å². The van der Waals surface area contributed by atoms with Crippen molar-refractivity contribution in [3.63, 3.8) is 0 Å². The zero-order chi connectivity index (χ0) is 11.1. The van der Waals surface area contributed by atoms with Gasteiger partial charge in [0.2, 0.25) is 0 Å². The van der Waals surface area contributed by atoms with Crippen LogP contribution in [0, 0.1) is 5.92 Å². The fourth-order valence-electron chi connectivity index (χ4n) is 1.51. The Morgan fingerprint density at radius 2 is 1.71 bits per heavy atom. The van der Waals surface area contributed by atoms with E-state index in [-0.39, 0.29) is 0 Å². The van der Waals surface area contributed by atoms with Crippen molar-refractivity contribution in [1.82, 2.24) is 10.2 Å². The highest BCUT2D eigenvalue weighted by atomic mass is 15.1. The molecule has 0 saturated carbocycles. The van der Waals surface area contributed by atoms with Gasteiger partial charge in [-0.05, 0) is 33.4 Å². The first kappa shape index (κ1) is 13.9. The van der Waals surface area contributed by atoms with Crippen molar-refractivity contribution in [3.05, 3.63) is 0 Å². The molecule has 0 aromatic carbocycles. The molecule has 0 bridgehead atoms. The number of nitrogens with one attached hydrogen (secondary N) is 1. The maximum Gasteiger partial charge on any atom is 0.0220 e. The highest BCUT2D eigenvalue weighted by Crippen LogP contribution is 2.09. The first-order valence-electron chi connectivity index (χ1n) is 5.96. The second kappa shape index (κ2) is 7.24. The predicted molar refractivity (Wildman–Crippen MR) is 64.7 cm³/mol. The molecule has 0 aromatic heterocycles. The lowest BCUT2D eigenvalue weighted by Crippen LogP contribution is -2.45. The van der Waals surface area contributed by atoms with E-state index in [0.717, 1.165) is 19.0 Å². The van der Waals surface area contributed by atoms with Gasteiger partial charge in [0.05, 0.1) is 0 Å². The predicted octanol–water partition coefficient (Wildman–Crippen LogP) is 2.35. The van der Waals surface area contributed by atoms with Crippen LogP contribution < -0.4 is 5.32 Å². The van der Waals surface area contributed by atoms with Gasteiger partial charge in [0.15, 0.2) is 0 Å². The monoisotopic (exact) mass is 200 g/mol. The van der Waals surface area contributed by atoms with Crippen molar-refractivity contribution >= 4 is 0 Å². The zero-order valence-electron chi connectivity index (χ0n) is 10.8. The SMILES string of the molecule is CCNC(CN(C)C(C)C)C(C)CC. The summed E-state index contributed by atoms with van der Waals surface area (Å²) in [7, 11) is 2.21. The molecule has 0 saturated heterocycles. The van der Waals surface area contributed by atoms with E-state index in [4.69, 9.17) is 0 Å². The van der Waals surface area contributed by atoms with Crippen LogP contribution in [-0.2, 0) is 0 Å². The molecule has 0 aromatic rings. The van der Waals surface area contributed by atoms with Crippen LogP contribution in [0.1, 0.15) is 41.0 Å². The first-order valence-corrected chi connectivity index (χ1v) is 5.96. The summed E-state index contributed by atoms with van der Waals surface area (Å²) in [5.74, 6) is 0.760. The maximum absolute atomic E-state index is 3.58. The number of rotatable bonds is 7. The average Bonchev–Trinajstić information content (AvgIpc) is 2.15. The van der Waals surface area contributed by atoms with Crippen LogP contribution in [0.3, 0.4) is 0 Å². The Kier molecular flexibility index (Phi) is 7.20. The summed E-state index contributed by atoms with van der Waals surface area (Å²) in [4.78, 5) is 2.42. The van der Waals surface area contributed by atoms with Crippen molar-refractivity contribution in [2.24, 2.45) is 5.92 Å². The molecule has 0 fully saturated rings. The van der Waals surface area contributed by atoms with E-state index in [1.54, 1.807) is 0 Å². The molecule has 2 atom stereocenters. The van der Waals surface area contributed by atoms with Crippen LogP contribution in [-0.4, -0.2) is 37.1 Å². The molecule has 0 aliphatic rings. The summed E-state index contributed by atoms with van der Waals surface area (Å²) in [5, 5.41) is 3.58. The highest BCUT2D eigenvalue weighted by Gasteiger charge is 2.17. The molecule has 0 aliphatic carbocycles. The fourth-order valence-corrected chi connectivity index (χ4v) is 1.51. The van der Waals surface area contributed by atoms with Gasteiger partial charge in [0.1, 0.15) is 0 Å². The molecule has 1 N–H and O–H groups in total. The van der Waals surface area contributed by atoms with Gasteiger partial charge < -0.3 is 10.2 Å². The fraction of sp³-hybridized carbons (Fsp3) is 1.00. The van der Waals surface area contributed by atoms with Crippen LogP contribution in [0.5, 0.6) is 0 Å². The lowest BCUT2D eigenvalue weighted by molar-refractivity contribution is 0.211. The lowest BCUT2D eigenvalue weighted by Gasteiger charge is -2.30. The zero-order valence-corrected chi connectivity index (χ0v) is 10.8. The van der Waals surface area contributed by atoms with Crippen LogP contribution in [0.25, 0.3) is 0 Å². The molecule has 0 aliphatic heterocycles. The minimum absolute atomic E-state index is 0.636. The number of hydrogen-bond acceptors (Lipinski definition) is 2. The lowest BCUT2D eigenvalue weighted by atomic mass is 9.98. The molecule has 0 radical (unpaired) electrons. The van der Waals surface area contributed by atoms with E-state index < -0.39 is 0 Å². The van der Waals surface area contributed by atoms with E-state index in [1.807, 2.05) is 0 Å². The molecule has 14 heavy (non-hydrogen) atoms. The highest BCUT2D eigenvalue weighted by molar-refractivity contribution is 4.76. The van der Waals surface area contributed by atoms with Gasteiger partial charge in [-0.3, -0.25) is 0 Å². The maximum atomic E-state index is 3.58. The van der Waals surface area contributed by atoms with Crippen molar-refractivity contribution in [2.45, 2.75) is 53.1 Å². The van der Waals surface area contributed by atoms with E-state index in [9.17, 15) is 0 Å². The summed E-state index contributed by atoms with van der Waals surface area (Å²) in [6.45, 7) is 13.5. The van der Waals surface area contributed by atoms with E-state index in [2.05, 4.69) is 51.9 Å². The Labute approximate surface area is 90.1 Å². The third kappa shape index (κ3) is 4.97. The molecule has 0 heterocycles. The molecule has 2 unspecified atom stereocenters. The largest absolute Gasteiger partial charge is 0.313 e. The molecule has 0 spiro atoms. The molecule has 2 nitrogen and oxygen atoms in total. The Balaban J connectivity index is 4.07. The minimum atomic E-state index is 0.636. The Morgan fingerprint density at radius 1 is 1.14 bits per heavy atom. The van der Waals surface area contributed by atoms with Gasteiger partial charge in [0, 0.05) is 18.6 Å². The third-order valence-electron chi connectivity index (χ3n) is 3.16. The van der Waals surface area contributed by atoms with Gasteiger partial charge in [-0.25, -0.2) is 0 Å². The van der Waals surface area contributed by atoms with Gasteiger partial charge >= 0.3 is 0 Å². The van der Waals surface area contributed by atoms with Crippen LogP contribution in [0.4, 0.5) is 0 Å². The molecular formula is C12H28N2. The second-order valence-corrected chi connectivity index (χ2v) is 4.58. The third-order valence-corrected chi connectivity index (χ3v) is 3.16. The van der Waals surface area contributed by atoms with Crippen molar-refractivity contribution in [1.29, 1.82) is 0 Å². The smallest absolute Gasteiger partial charge is 0.0220 e. The molecule has 86 valence electrons. The standard InChI is InChI=1S/C12H28N2/c1-7-11(5)12(13-8-2)9-14(6)10(3)4/h10-13H,7-9H2,1-6H3. The van der Waals surface area contributed by atoms with Gasteiger partial charge in [-0.15, -0.1) is 0 Å². The van der Waals surface area contributed by atoms with Crippen LogP contribution >= 0.6 is 0 Å².